The van der Waals surface area contributed by atoms with Gasteiger partial charge in [-0.3, -0.25) is 4.79 Å². The number of anilines is 1. The highest BCUT2D eigenvalue weighted by atomic mass is 79.9. The molecule has 0 radical (unpaired) electrons. The van der Waals surface area contributed by atoms with E-state index in [2.05, 4.69) is 36.6 Å². The molecule has 0 aromatic carbocycles. The lowest BCUT2D eigenvalue weighted by Crippen LogP contribution is -2.26. The van der Waals surface area contributed by atoms with Gasteiger partial charge in [0.25, 0.3) is 0 Å². The Morgan fingerprint density at radius 2 is 2.35 bits per heavy atom. The van der Waals surface area contributed by atoms with E-state index in [-0.39, 0.29) is 5.91 Å². The van der Waals surface area contributed by atoms with Crippen molar-refractivity contribution >= 4 is 33.4 Å². The number of nitrogens with one attached hydrogen (secondary N) is 2. The first-order valence-electron chi connectivity index (χ1n) is 5.16. The molecule has 0 saturated heterocycles. The lowest BCUT2D eigenvalue weighted by Gasteiger charge is -2.01. The van der Waals surface area contributed by atoms with E-state index in [0.29, 0.717) is 19.0 Å². The fourth-order valence-corrected chi connectivity index (χ4v) is 1.78. The van der Waals surface area contributed by atoms with Crippen LogP contribution in [0.1, 0.15) is 6.92 Å². The Labute approximate surface area is 107 Å². The van der Waals surface area contributed by atoms with E-state index in [0.717, 1.165) is 10.1 Å². The Balaban J connectivity index is 2.00. The number of rotatable bonds is 4. The van der Waals surface area contributed by atoms with Crippen LogP contribution < -0.4 is 10.6 Å². The molecule has 2 rings (SSSR count). The largest absolute Gasteiger partial charge is 0.355 e. The van der Waals surface area contributed by atoms with E-state index in [1.54, 1.807) is 4.52 Å². The van der Waals surface area contributed by atoms with Crippen LogP contribution in [0.15, 0.2) is 22.8 Å². The van der Waals surface area contributed by atoms with Gasteiger partial charge in [0.05, 0.1) is 4.47 Å². The molecule has 17 heavy (non-hydrogen) atoms. The minimum Gasteiger partial charge on any atom is -0.355 e. The number of hydrogen-bond acceptors (Lipinski definition) is 4. The van der Waals surface area contributed by atoms with Crippen LogP contribution >= 0.6 is 15.9 Å². The normalized spacial score (nSPS) is 10.5. The average molecular weight is 298 g/mol. The van der Waals surface area contributed by atoms with Crippen molar-refractivity contribution in [3.63, 3.8) is 0 Å². The molecule has 2 heterocycles. The maximum atomic E-state index is 10.7. The highest BCUT2D eigenvalue weighted by Gasteiger charge is 2.05. The summed E-state index contributed by atoms with van der Waals surface area (Å²) in [5, 5.41) is 9.97. The maximum absolute atomic E-state index is 10.7. The van der Waals surface area contributed by atoms with Crippen LogP contribution in [-0.4, -0.2) is 33.6 Å². The lowest BCUT2D eigenvalue weighted by atomic mass is 10.5. The molecule has 2 aromatic rings. The summed E-state index contributed by atoms with van der Waals surface area (Å²) in [4.78, 5) is 15.0. The zero-order valence-corrected chi connectivity index (χ0v) is 10.9. The van der Waals surface area contributed by atoms with Crippen molar-refractivity contribution < 1.29 is 4.79 Å². The topological polar surface area (TPSA) is 71.3 Å². The van der Waals surface area contributed by atoms with E-state index in [1.165, 1.54) is 6.92 Å². The van der Waals surface area contributed by atoms with Gasteiger partial charge in [-0.1, -0.05) is 0 Å². The number of hydrogen-bond donors (Lipinski definition) is 2. The summed E-state index contributed by atoms with van der Waals surface area (Å²) in [6.45, 7) is 2.63. The van der Waals surface area contributed by atoms with Gasteiger partial charge in [-0.05, 0) is 28.1 Å². The first kappa shape index (κ1) is 11.8. The van der Waals surface area contributed by atoms with Crippen molar-refractivity contribution in [3.8, 4) is 0 Å². The molecule has 0 aliphatic rings. The molecule has 0 bridgehead atoms. The highest BCUT2D eigenvalue weighted by Crippen LogP contribution is 2.16. The Morgan fingerprint density at radius 3 is 3.06 bits per heavy atom. The molecule has 0 atom stereocenters. The van der Waals surface area contributed by atoms with Gasteiger partial charge < -0.3 is 10.6 Å². The SMILES string of the molecule is CC(=O)NCCNc1nc2c(Br)cccn2n1. The highest BCUT2D eigenvalue weighted by molar-refractivity contribution is 9.10. The minimum absolute atomic E-state index is 0.0440. The summed E-state index contributed by atoms with van der Waals surface area (Å²) < 4.78 is 2.58. The summed E-state index contributed by atoms with van der Waals surface area (Å²) in [5.74, 6) is 0.500. The number of halogens is 1. The van der Waals surface area contributed by atoms with Gasteiger partial charge >= 0.3 is 0 Å². The smallest absolute Gasteiger partial charge is 0.243 e. The molecule has 90 valence electrons. The molecule has 0 unspecified atom stereocenters. The number of carbonyl (C=O) groups is 1. The Hall–Kier alpha value is -1.63. The van der Waals surface area contributed by atoms with Crippen molar-refractivity contribution in [1.82, 2.24) is 19.9 Å². The third-order valence-electron chi connectivity index (χ3n) is 2.10. The molecule has 0 spiro atoms. The molecule has 6 nitrogen and oxygen atoms in total. The summed E-state index contributed by atoms with van der Waals surface area (Å²) in [5.41, 5.74) is 0.759. The molecule has 0 aliphatic carbocycles. The monoisotopic (exact) mass is 297 g/mol. The maximum Gasteiger partial charge on any atom is 0.243 e. The second-order valence-corrected chi connectivity index (χ2v) is 4.32. The van der Waals surface area contributed by atoms with Crippen LogP contribution in [0.2, 0.25) is 0 Å². The Kier molecular flexibility index (Phi) is 3.58. The first-order valence-corrected chi connectivity index (χ1v) is 5.95. The molecule has 0 fully saturated rings. The van der Waals surface area contributed by atoms with Crippen LogP contribution in [0.3, 0.4) is 0 Å². The zero-order chi connectivity index (χ0) is 12.3. The van der Waals surface area contributed by atoms with Gasteiger partial charge in [-0.25, -0.2) is 4.52 Å². The number of fused-ring (bicyclic) bond motifs is 1. The van der Waals surface area contributed by atoms with Crippen LogP contribution in [0.4, 0.5) is 5.95 Å². The third kappa shape index (κ3) is 2.94. The van der Waals surface area contributed by atoms with Gasteiger partial charge in [0.1, 0.15) is 0 Å². The van der Waals surface area contributed by atoms with Crippen molar-refractivity contribution in [1.29, 1.82) is 0 Å². The molecule has 2 aromatic heterocycles. The second-order valence-electron chi connectivity index (χ2n) is 3.47. The Bertz CT molecular complexity index is 538. The first-order chi connectivity index (χ1) is 8.16. The molecular formula is C10H12BrN5O. The molecule has 0 saturated carbocycles. The van der Waals surface area contributed by atoms with E-state index >= 15 is 0 Å². The van der Waals surface area contributed by atoms with Gasteiger partial charge in [-0.2, -0.15) is 4.98 Å². The van der Waals surface area contributed by atoms with Crippen LogP contribution in [-0.2, 0) is 4.79 Å². The van der Waals surface area contributed by atoms with Crippen LogP contribution in [0.25, 0.3) is 5.65 Å². The number of carbonyl (C=O) groups excluding carboxylic acids is 1. The second kappa shape index (κ2) is 5.13. The summed E-state index contributed by atoms with van der Waals surface area (Å²) in [6.07, 6.45) is 1.83. The fourth-order valence-electron chi connectivity index (χ4n) is 1.36. The van der Waals surface area contributed by atoms with Gasteiger partial charge in [0, 0.05) is 26.2 Å². The average Bonchev–Trinajstić information content (AvgIpc) is 2.69. The van der Waals surface area contributed by atoms with Crippen LogP contribution in [0, 0.1) is 0 Å². The summed E-state index contributed by atoms with van der Waals surface area (Å²) in [6, 6.07) is 3.79. The zero-order valence-electron chi connectivity index (χ0n) is 9.27. The van der Waals surface area contributed by atoms with E-state index < -0.39 is 0 Å². The van der Waals surface area contributed by atoms with Gasteiger partial charge in [0.2, 0.25) is 11.9 Å². The minimum atomic E-state index is -0.0440. The van der Waals surface area contributed by atoms with Gasteiger partial charge in [0.15, 0.2) is 5.65 Å². The van der Waals surface area contributed by atoms with Crippen molar-refractivity contribution in [2.45, 2.75) is 6.92 Å². The number of pyridine rings is 1. The molecule has 0 aliphatic heterocycles. The molecule has 1 amide bonds. The van der Waals surface area contributed by atoms with Crippen molar-refractivity contribution in [2.75, 3.05) is 18.4 Å². The van der Waals surface area contributed by atoms with Crippen LogP contribution in [0.5, 0.6) is 0 Å². The molecule has 2 N–H and O–H groups in total. The van der Waals surface area contributed by atoms with E-state index in [9.17, 15) is 4.79 Å². The lowest BCUT2D eigenvalue weighted by molar-refractivity contribution is -0.118. The van der Waals surface area contributed by atoms with E-state index in [1.807, 2.05) is 18.3 Å². The quantitative estimate of drug-likeness (QED) is 0.827. The number of amides is 1. The van der Waals surface area contributed by atoms with Crippen molar-refractivity contribution in [2.24, 2.45) is 0 Å². The molecular weight excluding hydrogens is 286 g/mol. The fraction of sp³-hybridized carbons (Fsp3) is 0.300. The predicted molar refractivity (Wildman–Crippen MR) is 67.9 cm³/mol. The summed E-state index contributed by atoms with van der Waals surface area (Å²) in [7, 11) is 0. The third-order valence-corrected chi connectivity index (χ3v) is 2.72. The standard InChI is InChI=1S/C10H12BrN5O/c1-7(17)12-4-5-13-10-14-9-8(11)3-2-6-16(9)15-10/h2-3,6H,4-5H2,1H3,(H,12,17)(H,13,15). The van der Waals surface area contributed by atoms with Crippen molar-refractivity contribution in [3.05, 3.63) is 22.8 Å². The van der Waals surface area contributed by atoms with E-state index in [4.69, 9.17) is 0 Å². The number of aromatic nitrogens is 3. The Morgan fingerprint density at radius 1 is 1.53 bits per heavy atom. The summed E-state index contributed by atoms with van der Waals surface area (Å²) >= 11 is 3.40. The molecule has 7 heteroatoms. The van der Waals surface area contributed by atoms with Gasteiger partial charge in [-0.15, -0.1) is 5.10 Å². The number of nitrogens with zero attached hydrogens (tertiary/aromatic N) is 3. The predicted octanol–water partition coefficient (Wildman–Crippen LogP) is 1.04.